The largest absolute Gasteiger partial charge is 0.481 e. The molecule has 1 aliphatic rings. The number of alkyl carbamates (subject to hydrolysis) is 1. The number of aliphatic hydroxyl groups excluding tert-OH is 1. The molecule has 0 radical (unpaired) electrons. The lowest BCUT2D eigenvalue weighted by Crippen LogP contribution is -2.36. The number of carboxylic acid groups (broad SMARTS) is 1. The highest BCUT2D eigenvalue weighted by Gasteiger charge is 2.37. The number of nitrogens with one attached hydrogen (secondary N) is 1. The molecular weight excluding hydrogens is 238 g/mol. The minimum absolute atomic E-state index is 0.224. The molecule has 0 bridgehead atoms. The summed E-state index contributed by atoms with van der Waals surface area (Å²) in [7, 11) is 0. The van der Waals surface area contributed by atoms with Crippen molar-refractivity contribution in [3.8, 4) is 0 Å². The van der Waals surface area contributed by atoms with E-state index in [0.717, 1.165) is 0 Å². The molecule has 1 saturated carbocycles. The Bertz CT molecular complexity index is 323. The maximum Gasteiger partial charge on any atom is 0.407 e. The second-order valence-corrected chi connectivity index (χ2v) is 5.72. The molecule has 3 unspecified atom stereocenters. The zero-order valence-corrected chi connectivity index (χ0v) is 11.0. The predicted molar refractivity (Wildman–Crippen MR) is 64.1 cm³/mol. The molecule has 1 rings (SSSR count). The van der Waals surface area contributed by atoms with Crippen molar-refractivity contribution in [2.75, 3.05) is 6.54 Å². The first-order chi connectivity index (χ1) is 8.19. The smallest absolute Gasteiger partial charge is 0.407 e. The van der Waals surface area contributed by atoms with Crippen LogP contribution in [0, 0.1) is 11.8 Å². The van der Waals surface area contributed by atoms with Crippen LogP contribution in [-0.2, 0) is 9.53 Å². The Morgan fingerprint density at radius 2 is 1.94 bits per heavy atom. The van der Waals surface area contributed by atoms with Crippen molar-refractivity contribution in [1.82, 2.24) is 5.32 Å². The minimum atomic E-state index is -0.895. The molecule has 0 aromatic rings. The Balaban J connectivity index is 2.36. The molecule has 0 aromatic carbocycles. The molecule has 0 aliphatic heterocycles. The van der Waals surface area contributed by atoms with E-state index in [1.807, 2.05) is 0 Å². The Hall–Kier alpha value is -1.30. The number of carboxylic acids is 1. The van der Waals surface area contributed by atoms with Crippen molar-refractivity contribution in [3.63, 3.8) is 0 Å². The van der Waals surface area contributed by atoms with Gasteiger partial charge < -0.3 is 20.3 Å². The Kier molecular flexibility index (Phi) is 4.56. The van der Waals surface area contributed by atoms with E-state index in [0.29, 0.717) is 6.42 Å². The number of rotatable bonds is 3. The highest BCUT2D eigenvalue weighted by molar-refractivity contribution is 5.70. The van der Waals surface area contributed by atoms with Crippen LogP contribution >= 0.6 is 0 Å². The number of amides is 1. The summed E-state index contributed by atoms with van der Waals surface area (Å²) in [5, 5.41) is 21.1. The average molecular weight is 259 g/mol. The van der Waals surface area contributed by atoms with Crippen molar-refractivity contribution < 1.29 is 24.5 Å². The molecule has 3 N–H and O–H groups in total. The van der Waals surface area contributed by atoms with Crippen LogP contribution in [-0.4, -0.2) is 40.5 Å². The Labute approximate surface area is 106 Å². The number of carbonyl (C=O) groups is 2. The topological polar surface area (TPSA) is 95.9 Å². The van der Waals surface area contributed by atoms with Crippen LogP contribution < -0.4 is 5.32 Å². The number of aliphatic carboxylic acids is 1. The van der Waals surface area contributed by atoms with Crippen molar-refractivity contribution in [1.29, 1.82) is 0 Å². The molecule has 1 amide bonds. The molecule has 0 saturated heterocycles. The van der Waals surface area contributed by atoms with Crippen LogP contribution in [0.25, 0.3) is 0 Å². The monoisotopic (exact) mass is 259 g/mol. The average Bonchev–Trinajstić information content (AvgIpc) is 2.54. The van der Waals surface area contributed by atoms with E-state index in [2.05, 4.69) is 5.32 Å². The lowest BCUT2D eigenvalue weighted by Gasteiger charge is -2.21. The van der Waals surface area contributed by atoms with Gasteiger partial charge in [-0.1, -0.05) is 0 Å². The van der Waals surface area contributed by atoms with Crippen LogP contribution in [0.3, 0.4) is 0 Å². The fourth-order valence-electron chi connectivity index (χ4n) is 2.05. The third-order valence-corrected chi connectivity index (χ3v) is 2.91. The van der Waals surface area contributed by atoms with Gasteiger partial charge >= 0.3 is 12.1 Å². The van der Waals surface area contributed by atoms with Gasteiger partial charge in [0.1, 0.15) is 5.60 Å². The van der Waals surface area contributed by atoms with Crippen LogP contribution in [0.1, 0.15) is 33.6 Å². The number of hydrogen-bond donors (Lipinski definition) is 3. The summed E-state index contributed by atoms with van der Waals surface area (Å²) in [6, 6.07) is 0. The van der Waals surface area contributed by atoms with Gasteiger partial charge in [0, 0.05) is 12.5 Å². The summed E-state index contributed by atoms with van der Waals surface area (Å²) in [4.78, 5) is 22.2. The van der Waals surface area contributed by atoms with E-state index in [1.165, 1.54) is 0 Å². The predicted octanol–water partition coefficient (Wildman–Crippen LogP) is 0.983. The van der Waals surface area contributed by atoms with Crippen molar-refractivity contribution in [2.45, 2.75) is 45.3 Å². The van der Waals surface area contributed by atoms with E-state index in [1.54, 1.807) is 20.8 Å². The van der Waals surface area contributed by atoms with Gasteiger partial charge in [-0.05, 0) is 33.6 Å². The van der Waals surface area contributed by atoms with Gasteiger partial charge in [0.15, 0.2) is 0 Å². The van der Waals surface area contributed by atoms with Gasteiger partial charge in [-0.15, -0.1) is 0 Å². The molecule has 18 heavy (non-hydrogen) atoms. The Morgan fingerprint density at radius 3 is 2.39 bits per heavy atom. The lowest BCUT2D eigenvalue weighted by molar-refractivity contribution is -0.141. The van der Waals surface area contributed by atoms with Gasteiger partial charge in [0.05, 0.1) is 12.0 Å². The normalized spacial score (nSPS) is 27.9. The van der Waals surface area contributed by atoms with Crippen molar-refractivity contribution in [3.05, 3.63) is 0 Å². The van der Waals surface area contributed by atoms with E-state index in [9.17, 15) is 14.7 Å². The Morgan fingerprint density at radius 1 is 1.33 bits per heavy atom. The molecule has 0 spiro atoms. The van der Waals surface area contributed by atoms with Crippen LogP contribution in [0.4, 0.5) is 4.79 Å². The minimum Gasteiger partial charge on any atom is -0.481 e. The summed E-state index contributed by atoms with van der Waals surface area (Å²) < 4.78 is 5.06. The van der Waals surface area contributed by atoms with Gasteiger partial charge in [0.2, 0.25) is 0 Å². The summed E-state index contributed by atoms with van der Waals surface area (Å²) in [6.45, 7) is 5.52. The summed E-state index contributed by atoms with van der Waals surface area (Å²) in [5.41, 5.74) is -0.567. The second kappa shape index (κ2) is 5.56. The number of hydrogen-bond acceptors (Lipinski definition) is 4. The zero-order chi connectivity index (χ0) is 13.9. The first-order valence-electron chi connectivity index (χ1n) is 6.07. The fraction of sp³-hybridized carbons (Fsp3) is 0.833. The van der Waals surface area contributed by atoms with Gasteiger partial charge in [-0.25, -0.2) is 4.79 Å². The third kappa shape index (κ3) is 4.52. The standard InChI is InChI=1S/C12H21NO5/c1-12(2,3)18-11(17)13-6-8-4-7(10(15)16)5-9(8)14/h7-9,14H,4-6H2,1-3H3,(H,13,17)(H,15,16). The van der Waals surface area contributed by atoms with Crippen LogP contribution in [0.2, 0.25) is 0 Å². The molecule has 1 fully saturated rings. The molecule has 0 aromatic heterocycles. The summed E-state index contributed by atoms with van der Waals surface area (Å²) in [5.74, 6) is -1.64. The van der Waals surface area contributed by atoms with Crippen LogP contribution in [0.15, 0.2) is 0 Å². The number of ether oxygens (including phenoxy) is 1. The molecule has 6 heteroatoms. The maximum atomic E-state index is 11.4. The summed E-state index contributed by atoms with van der Waals surface area (Å²) >= 11 is 0. The quantitative estimate of drug-likeness (QED) is 0.702. The van der Waals surface area contributed by atoms with Gasteiger partial charge in [-0.3, -0.25) is 4.79 Å². The second-order valence-electron chi connectivity index (χ2n) is 5.72. The number of aliphatic hydroxyl groups is 1. The highest BCUT2D eigenvalue weighted by atomic mass is 16.6. The molecular formula is C12H21NO5. The third-order valence-electron chi connectivity index (χ3n) is 2.91. The highest BCUT2D eigenvalue weighted by Crippen LogP contribution is 2.31. The van der Waals surface area contributed by atoms with Gasteiger partial charge in [-0.2, -0.15) is 0 Å². The van der Waals surface area contributed by atoms with Crippen molar-refractivity contribution >= 4 is 12.1 Å². The number of carbonyl (C=O) groups excluding carboxylic acids is 1. The van der Waals surface area contributed by atoms with E-state index < -0.39 is 29.7 Å². The lowest BCUT2D eigenvalue weighted by atomic mass is 10.0. The van der Waals surface area contributed by atoms with E-state index >= 15 is 0 Å². The first kappa shape index (κ1) is 14.8. The van der Waals surface area contributed by atoms with Crippen LogP contribution in [0.5, 0.6) is 0 Å². The fourth-order valence-corrected chi connectivity index (χ4v) is 2.05. The SMILES string of the molecule is CC(C)(C)OC(=O)NCC1CC(C(=O)O)CC1O. The molecule has 0 heterocycles. The zero-order valence-electron chi connectivity index (χ0n) is 11.0. The molecule has 1 aliphatic carbocycles. The van der Waals surface area contributed by atoms with E-state index in [-0.39, 0.29) is 18.9 Å². The summed E-state index contributed by atoms with van der Waals surface area (Å²) in [6.07, 6.45) is -0.600. The van der Waals surface area contributed by atoms with Gasteiger partial charge in [0.25, 0.3) is 0 Å². The first-order valence-corrected chi connectivity index (χ1v) is 6.07. The van der Waals surface area contributed by atoms with E-state index in [4.69, 9.17) is 9.84 Å². The maximum absolute atomic E-state index is 11.4. The van der Waals surface area contributed by atoms with Crippen molar-refractivity contribution in [2.24, 2.45) is 11.8 Å². The molecule has 6 nitrogen and oxygen atoms in total. The molecule has 3 atom stereocenters. The molecule has 104 valence electrons.